The maximum atomic E-state index is 6.44. The molecule has 2 atom stereocenters. The van der Waals surface area contributed by atoms with Gasteiger partial charge in [-0.25, -0.2) is 0 Å². The zero-order chi connectivity index (χ0) is 22.2. The molecular formula is C26H22ClN3OS. The first-order valence-corrected chi connectivity index (χ1v) is 11.2. The van der Waals surface area contributed by atoms with Crippen LogP contribution in [0.1, 0.15) is 34.7 Å². The molecule has 4 aromatic rings. The lowest BCUT2D eigenvalue weighted by Crippen LogP contribution is -2.29. The number of pyridine rings is 1. The fourth-order valence-corrected chi connectivity index (χ4v) is 4.68. The van der Waals surface area contributed by atoms with Crippen molar-refractivity contribution >= 4 is 34.6 Å². The van der Waals surface area contributed by atoms with Gasteiger partial charge in [0, 0.05) is 22.5 Å². The fourth-order valence-electron chi connectivity index (χ4n) is 4.16. The lowest BCUT2D eigenvalue weighted by atomic mass is 10.0. The number of hydrogen-bond acceptors (Lipinski definition) is 3. The van der Waals surface area contributed by atoms with Crippen LogP contribution >= 0.6 is 23.8 Å². The predicted molar refractivity (Wildman–Crippen MR) is 133 cm³/mol. The second-order valence-electron chi connectivity index (χ2n) is 7.95. The number of anilines is 1. The standard InChI is InChI=1S/C26H22ClN3OS/c1-16-9-11-18(12-10-16)30-25(24(29-26(30)32)21-8-3-4-15-28-21)23-14-13-22(31-23)19-6-5-7-20(27)17(19)2/h3-15,24-25H,1-2H3,(H,29,32)/t24-,25-/m1/s1. The quantitative estimate of drug-likeness (QED) is 0.340. The van der Waals surface area contributed by atoms with Crippen molar-refractivity contribution in [3.63, 3.8) is 0 Å². The molecule has 0 aliphatic carbocycles. The van der Waals surface area contributed by atoms with Crippen LogP contribution in [-0.2, 0) is 0 Å². The predicted octanol–water partition coefficient (Wildman–Crippen LogP) is 6.79. The van der Waals surface area contributed by atoms with Crippen molar-refractivity contribution in [2.75, 3.05) is 4.90 Å². The zero-order valence-corrected chi connectivity index (χ0v) is 19.3. The van der Waals surface area contributed by atoms with Gasteiger partial charge in [0.25, 0.3) is 0 Å². The number of thiocarbonyl (C=S) groups is 1. The second kappa shape index (κ2) is 8.41. The summed E-state index contributed by atoms with van der Waals surface area (Å²) in [5, 5.41) is 4.83. The molecular weight excluding hydrogens is 438 g/mol. The average Bonchev–Trinajstić information content (AvgIpc) is 3.41. The Morgan fingerprint density at radius 2 is 1.78 bits per heavy atom. The van der Waals surface area contributed by atoms with Crippen molar-refractivity contribution in [1.82, 2.24) is 10.3 Å². The summed E-state index contributed by atoms with van der Waals surface area (Å²) in [6.07, 6.45) is 1.80. The molecule has 0 unspecified atom stereocenters. The molecule has 1 saturated heterocycles. The lowest BCUT2D eigenvalue weighted by molar-refractivity contribution is 0.439. The van der Waals surface area contributed by atoms with E-state index in [2.05, 4.69) is 46.4 Å². The van der Waals surface area contributed by atoms with E-state index in [0.717, 1.165) is 39.1 Å². The largest absolute Gasteiger partial charge is 0.459 e. The van der Waals surface area contributed by atoms with Gasteiger partial charge in [0.2, 0.25) is 0 Å². The van der Waals surface area contributed by atoms with Crippen molar-refractivity contribution in [1.29, 1.82) is 0 Å². The normalized spacial score (nSPS) is 18.1. The first kappa shape index (κ1) is 20.7. The third-order valence-corrected chi connectivity index (χ3v) is 6.59. The minimum atomic E-state index is -0.187. The van der Waals surface area contributed by atoms with Gasteiger partial charge in [0.15, 0.2) is 5.11 Å². The van der Waals surface area contributed by atoms with E-state index in [-0.39, 0.29) is 12.1 Å². The number of aromatic nitrogens is 1. The topological polar surface area (TPSA) is 41.3 Å². The molecule has 3 heterocycles. The minimum absolute atomic E-state index is 0.149. The number of furan rings is 1. The van der Waals surface area contributed by atoms with E-state index in [0.29, 0.717) is 5.11 Å². The van der Waals surface area contributed by atoms with Crippen LogP contribution in [0.2, 0.25) is 5.02 Å². The molecule has 1 fully saturated rings. The molecule has 1 aliphatic rings. The number of nitrogens with zero attached hydrogens (tertiary/aromatic N) is 2. The summed E-state index contributed by atoms with van der Waals surface area (Å²) in [5.74, 6) is 1.59. The highest BCUT2D eigenvalue weighted by Crippen LogP contribution is 2.43. The maximum Gasteiger partial charge on any atom is 0.174 e. The first-order valence-electron chi connectivity index (χ1n) is 10.5. The van der Waals surface area contributed by atoms with Crippen molar-refractivity contribution in [2.24, 2.45) is 0 Å². The van der Waals surface area contributed by atoms with Crippen LogP contribution in [0.5, 0.6) is 0 Å². The lowest BCUT2D eigenvalue weighted by Gasteiger charge is -2.26. The summed E-state index contributed by atoms with van der Waals surface area (Å²) in [5.41, 5.74) is 5.08. The molecule has 2 aromatic heterocycles. The van der Waals surface area contributed by atoms with Gasteiger partial charge in [-0.3, -0.25) is 4.98 Å². The summed E-state index contributed by atoms with van der Waals surface area (Å²) in [6, 6.07) is 23.8. The van der Waals surface area contributed by atoms with Crippen LogP contribution < -0.4 is 10.2 Å². The Morgan fingerprint density at radius 1 is 0.969 bits per heavy atom. The molecule has 0 spiro atoms. The minimum Gasteiger partial charge on any atom is -0.459 e. The molecule has 160 valence electrons. The molecule has 5 rings (SSSR count). The molecule has 0 amide bonds. The summed E-state index contributed by atoms with van der Waals surface area (Å²) < 4.78 is 6.44. The molecule has 0 radical (unpaired) electrons. The van der Waals surface area contributed by atoms with Gasteiger partial charge < -0.3 is 14.6 Å². The van der Waals surface area contributed by atoms with Crippen LogP contribution in [-0.4, -0.2) is 10.1 Å². The van der Waals surface area contributed by atoms with E-state index in [9.17, 15) is 0 Å². The Bertz CT molecular complexity index is 1270. The molecule has 4 nitrogen and oxygen atoms in total. The monoisotopic (exact) mass is 459 g/mol. The Kier molecular flexibility index (Phi) is 5.45. The number of benzene rings is 2. The number of hydrogen-bond donors (Lipinski definition) is 1. The highest BCUT2D eigenvalue weighted by atomic mass is 35.5. The average molecular weight is 460 g/mol. The van der Waals surface area contributed by atoms with Gasteiger partial charge in [-0.15, -0.1) is 0 Å². The molecule has 1 aliphatic heterocycles. The van der Waals surface area contributed by atoms with Crippen molar-refractivity contribution in [3.05, 3.63) is 107 Å². The molecule has 0 saturated carbocycles. The number of rotatable bonds is 4. The Hall–Kier alpha value is -3.15. The van der Waals surface area contributed by atoms with E-state index in [4.69, 9.17) is 28.2 Å². The van der Waals surface area contributed by atoms with Gasteiger partial charge in [-0.1, -0.05) is 47.5 Å². The van der Waals surface area contributed by atoms with Gasteiger partial charge in [-0.2, -0.15) is 0 Å². The third kappa shape index (κ3) is 3.68. The van der Waals surface area contributed by atoms with Crippen molar-refractivity contribution in [2.45, 2.75) is 25.9 Å². The smallest absolute Gasteiger partial charge is 0.174 e. The van der Waals surface area contributed by atoms with E-state index in [1.165, 1.54) is 5.56 Å². The highest BCUT2D eigenvalue weighted by molar-refractivity contribution is 7.80. The van der Waals surface area contributed by atoms with Crippen LogP contribution in [0.4, 0.5) is 5.69 Å². The maximum absolute atomic E-state index is 6.44. The summed E-state index contributed by atoms with van der Waals surface area (Å²) in [6.45, 7) is 4.08. The van der Waals surface area contributed by atoms with Crippen LogP contribution in [0.15, 0.2) is 83.4 Å². The molecule has 2 aromatic carbocycles. The van der Waals surface area contributed by atoms with Crippen molar-refractivity contribution in [3.8, 4) is 11.3 Å². The molecule has 1 N–H and O–H groups in total. The molecule has 0 bridgehead atoms. The second-order valence-corrected chi connectivity index (χ2v) is 8.74. The Morgan fingerprint density at radius 3 is 2.53 bits per heavy atom. The SMILES string of the molecule is Cc1ccc(N2C(=S)N[C@H](c3ccccn3)[C@H]2c2ccc(-c3cccc(Cl)c3C)o2)cc1. The fraction of sp³-hybridized carbons (Fsp3) is 0.154. The van der Waals surface area contributed by atoms with Gasteiger partial charge in [0.05, 0.1) is 11.7 Å². The summed E-state index contributed by atoms with van der Waals surface area (Å²) in [4.78, 5) is 6.71. The molecule has 6 heteroatoms. The molecule has 32 heavy (non-hydrogen) atoms. The van der Waals surface area contributed by atoms with Gasteiger partial charge in [0.1, 0.15) is 17.6 Å². The van der Waals surface area contributed by atoms with E-state index in [1.807, 2.05) is 55.5 Å². The summed E-state index contributed by atoms with van der Waals surface area (Å²) >= 11 is 12.1. The Labute approximate surface area is 197 Å². The van der Waals surface area contributed by atoms with Crippen LogP contribution in [0, 0.1) is 13.8 Å². The van der Waals surface area contributed by atoms with Gasteiger partial charge >= 0.3 is 0 Å². The zero-order valence-electron chi connectivity index (χ0n) is 17.7. The van der Waals surface area contributed by atoms with Crippen molar-refractivity contribution < 1.29 is 4.42 Å². The van der Waals surface area contributed by atoms with E-state index >= 15 is 0 Å². The van der Waals surface area contributed by atoms with Crippen LogP contribution in [0.25, 0.3) is 11.3 Å². The van der Waals surface area contributed by atoms with Gasteiger partial charge in [-0.05, 0) is 74.1 Å². The van der Waals surface area contributed by atoms with E-state index < -0.39 is 0 Å². The summed E-state index contributed by atoms with van der Waals surface area (Å²) in [7, 11) is 0. The number of nitrogens with one attached hydrogen (secondary N) is 1. The van der Waals surface area contributed by atoms with E-state index in [1.54, 1.807) is 6.20 Å². The van der Waals surface area contributed by atoms with Crippen LogP contribution in [0.3, 0.4) is 0 Å². The first-order chi connectivity index (χ1) is 15.5. The Balaban J connectivity index is 1.61. The third-order valence-electron chi connectivity index (χ3n) is 5.86. The number of aryl methyl sites for hydroxylation is 1. The number of halogens is 1. The highest BCUT2D eigenvalue weighted by Gasteiger charge is 2.42.